The first-order chi connectivity index (χ1) is 10.2. The van der Waals surface area contributed by atoms with E-state index < -0.39 is 5.97 Å². The van der Waals surface area contributed by atoms with Crippen LogP contribution in [-0.2, 0) is 4.74 Å². The Labute approximate surface area is 127 Å². The van der Waals surface area contributed by atoms with Crippen LogP contribution in [0.25, 0.3) is 11.0 Å². The van der Waals surface area contributed by atoms with Crippen LogP contribution >= 0.6 is 11.6 Å². The van der Waals surface area contributed by atoms with E-state index in [2.05, 4.69) is 22.1 Å². The van der Waals surface area contributed by atoms with Crippen molar-refractivity contribution in [2.24, 2.45) is 0 Å². The van der Waals surface area contributed by atoms with Crippen molar-refractivity contribution in [2.45, 2.75) is 12.3 Å². The van der Waals surface area contributed by atoms with Gasteiger partial charge < -0.3 is 4.74 Å². The van der Waals surface area contributed by atoms with Gasteiger partial charge in [-0.25, -0.2) is 14.8 Å². The lowest BCUT2D eigenvalue weighted by atomic mass is 9.97. The molecule has 0 amide bonds. The molecule has 1 unspecified atom stereocenters. The van der Waals surface area contributed by atoms with Gasteiger partial charge in [-0.2, -0.15) is 0 Å². The molecule has 1 aromatic carbocycles. The molecule has 0 fully saturated rings. The van der Waals surface area contributed by atoms with E-state index in [1.165, 1.54) is 7.11 Å². The summed E-state index contributed by atoms with van der Waals surface area (Å²) in [5.74, 6) is -0.265. The Kier molecular flexibility index (Phi) is 3.71. The van der Waals surface area contributed by atoms with Crippen LogP contribution in [0, 0.1) is 0 Å². The summed E-state index contributed by atoms with van der Waals surface area (Å²) in [6.07, 6.45) is 8.98. The summed E-state index contributed by atoms with van der Waals surface area (Å²) in [6.45, 7) is 0. The van der Waals surface area contributed by atoms with E-state index in [1.54, 1.807) is 18.2 Å². The summed E-state index contributed by atoms with van der Waals surface area (Å²) in [5.41, 5.74) is 2.49. The van der Waals surface area contributed by atoms with Gasteiger partial charge in [0.2, 0.25) is 0 Å². The van der Waals surface area contributed by atoms with Crippen LogP contribution < -0.4 is 0 Å². The molecular weight excluding hydrogens is 288 g/mol. The van der Waals surface area contributed by atoms with Crippen molar-refractivity contribution in [3.8, 4) is 0 Å². The number of fused-ring (bicyclic) bond motifs is 1. The Hall–Kier alpha value is -2.20. The van der Waals surface area contributed by atoms with E-state index >= 15 is 0 Å². The third-order valence-corrected chi connectivity index (χ3v) is 3.68. The molecule has 0 saturated carbocycles. The van der Waals surface area contributed by atoms with Gasteiger partial charge in [0.25, 0.3) is 0 Å². The maximum absolute atomic E-state index is 11.5. The molecule has 1 aliphatic rings. The number of ether oxygens (including phenoxy) is 1. The average Bonchev–Trinajstić information content (AvgIpc) is 2.53. The highest BCUT2D eigenvalue weighted by Crippen LogP contribution is 2.29. The van der Waals surface area contributed by atoms with Crippen molar-refractivity contribution >= 4 is 28.6 Å². The molecule has 0 N–H and O–H groups in total. The standard InChI is InChI=1S/C16H13ClN2O2/c1-21-16(20)11-7-8-12-13(9-11)19-15(17)14(18-12)10-5-3-2-4-6-10/h2-5,7-10H,6H2,1H3. The summed E-state index contributed by atoms with van der Waals surface area (Å²) in [7, 11) is 1.34. The van der Waals surface area contributed by atoms with Gasteiger partial charge in [0, 0.05) is 5.92 Å². The number of hydrogen-bond donors (Lipinski definition) is 0. The molecule has 5 heteroatoms. The van der Waals surface area contributed by atoms with E-state index in [-0.39, 0.29) is 5.92 Å². The zero-order valence-electron chi connectivity index (χ0n) is 11.4. The number of hydrogen-bond acceptors (Lipinski definition) is 4. The molecule has 4 nitrogen and oxygen atoms in total. The third kappa shape index (κ3) is 2.67. The predicted octanol–water partition coefficient (Wildman–Crippen LogP) is 3.67. The van der Waals surface area contributed by atoms with Crippen molar-refractivity contribution in [2.75, 3.05) is 7.11 Å². The number of esters is 1. The molecule has 2 aromatic rings. The Bertz CT molecular complexity index is 768. The number of nitrogens with zero attached hydrogens (tertiary/aromatic N) is 2. The minimum atomic E-state index is -0.403. The van der Waals surface area contributed by atoms with Gasteiger partial charge in [0.1, 0.15) is 0 Å². The third-order valence-electron chi connectivity index (χ3n) is 3.40. The summed E-state index contributed by atoms with van der Waals surface area (Å²) < 4.78 is 4.70. The number of carbonyl (C=O) groups excluding carboxylic acids is 1. The molecule has 3 rings (SSSR count). The molecule has 0 spiro atoms. The molecule has 0 aliphatic heterocycles. The summed E-state index contributed by atoms with van der Waals surface area (Å²) in [6, 6.07) is 5.08. The summed E-state index contributed by atoms with van der Waals surface area (Å²) >= 11 is 6.25. The largest absolute Gasteiger partial charge is 0.465 e. The van der Waals surface area contributed by atoms with Crippen LogP contribution in [0.1, 0.15) is 28.4 Å². The quantitative estimate of drug-likeness (QED) is 0.794. The van der Waals surface area contributed by atoms with E-state index in [4.69, 9.17) is 16.3 Å². The summed E-state index contributed by atoms with van der Waals surface area (Å²) in [4.78, 5) is 20.5. The molecule has 0 radical (unpaired) electrons. The highest BCUT2D eigenvalue weighted by Gasteiger charge is 2.17. The van der Waals surface area contributed by atoms with Gasteiger partial charge in [0.15, 0.2) is 5.15 Å². The second kappa shape index (κ2) is 5.66. The molecule has 1 atom stereocenters. The van der Waals surface area contributed by atoms with Crippen LogP contribution in [0.2, 0.25) is 5.15 Å². The zero-order valence-corrected chi connectivity index (χ0v) is 12.2. The fourth-order valence-electron chi connectivity index (χ4n) is 2.31. The van der Waals surface area contributed by atoms with Crippen LogP contribution in [0.5, 0.6) is 0 Å². The number of carbonyl (C=O) groups is 1. The molecule has 1 heterocycles. The van der Waals surface area contributed by atoms with Gasteiger partial charge in [-0.15, -0.1) is 0 Å². The van der Waals surface area contributed by atoms with Crippen molar-refractivity contribution in [3.63, 3.8) is 0 Å². The van der Waals surface area contributed by atoms with Gasteiger partial charge in [-0.05, 0) is 24.6 Å². The lowest BCUT2D eigenvalue weighted by Crippen LogP contribution is -2.05. The molecule has 1 aliphatic carbocycles. The zero-order chi connectivity index (χ0) is 14.8. The van der Waals surface area contributed by atoms with Crippen LogP contribution in [0.4, 0.5) is 0 Å². The van der Waals surface area contributed by atoms with Crippen LogP contribution in [0.15, 0.2) is 42.5 Å². The lowest BCUT2D eigenvalue weighted by molar-refractivity contribution is 0.0601. The van der Waals surface area contributed by atoms with Crippen molar-refractivity contribution in [1.29, 1.82) is 0 Å². The second-order valence-electron chi connectivity index (χ2n) is 4.75. The number of rotatable bonds is 2. The summed E-state index contributed by atoms with van der Waals surface area (Å²) in [5, 5.41) is 0.370. The average molecular weight is 301 g/mol. The van der Waals surface area contributed by atoms with Crippen LogP contribution in [-0.4, -0.2) is 23.0 Å². The van der Waals surface area contributed by atoms with Gasteiger partial charge in [-0.1, -0.05) is 35.9 Å². The van der Waals surface area contributed by atoms with E-state index in [0.717, 1.165) is 12.1 Å². The Morgan fingerprint density at radius 3 is 2.86 bits per heavy atom. The number of halogens is 1. The minimum Gasteiger partial charge on any atom is -0.465 e. The molecule has 106 valence electrons. The van der Waals surface area contributed by atoms with Crippen molar-refractivity contribution < 1.29 is 9.53 Å². The molecule has 0 bridgehead atoms. The predicted molar refractivity (Wildman–Crippen MR) is 81.5 cm³/mol. The molecular formula is C16H13ClN2O2. The number of methoxy groups -OCH3 is 1. The Morgan fingerprint density at radius 2 is 2.14 bits per heavy atom. The minimum absolute atomic E-state index is 0.139. The van der Waals surface area contributed by atoms with Gasteiger partial charge in [0.05, 0.1) is 29.4 Å². The highest BCUT2D eigenvalue weighted by molar-refractivity contribution is 6.30. The lowest BCUT2D eigenvalue weighted by Gasteiger charge is -2.14. The first-order valence-corrected chi connectivity index (χ1v) is 6.95. The van der Waals surface area contributed by atoms with Gasteiger partial charge in [-0.3, -0.25) is 0 Å². The number of benzene rings is 1. The molecule has 1 aromatic heterocycles. The van der Waals surface area contributed by atoms with E-state index in [9.17, 15) is 4.79 Å². The second-order valence-corrected chi connectivity index (χ2v) is 5.11. The molecule has 0 saturated heterocycles. The first kappa shape index (κ1) is 13.8. The maximum Gasteiger partial charge on any atom is 0.337 e. The Morgan fingerprint density at radius 1 is 1.29 bits per heavy atom. The number of allylic oxidation sites excluding steroid dienone is 4. The topological polar surface area (TPSA) is 52.1 Å². The Balaban J connectivity index is 2.06. The van der Waals surface area contributed by atoms with Crippen molar-refractivity contribution in [3.05, 3.63) is 58.9 Å². The van der Waals surface area contributed by atoms with E-state index in [0.29, 0.717) is 21.7 Å². The van der Waals surface area contributed by atoms with Gasteiger partial charge >= 0.3 is 5.97 Å². The fourth-order valence-corrected chi connectivity index (χ4v) is 2.58. The van der Waals surface area contributed by atoms with E-state index in [1.807, 2.05) is 12.2 Å². The normalized spacial score (nSPS) is 17.1. The highest BCUT2D eigenvalue weighted by atomic mass is 35.5. The monoisotopic (exact) mass is 300 g/mol. The fraction of sp³-hybridized carbons (Fsp3) is 0.188. The maximum atomic E-state index is 11.5. The first-order valence-electron chi connectivity index (χ1n) is 6.58. The smallest absolute Gasteiger partial charge is 0.337 e. The SMILES string of the molecule is COC(=O)c1ccc2nc(C3C=CC=CC3)c(Cl)nc2c1. The van der Waals surface area contributed by atoms with Crippen LogP contribution in [0.3, 0.4) is 0 Å². The van der Waals surface area contributed by atoms with Crippen molar-refractivity contribution in [1.82, 2.24) is 9.97 Å². The number of aromatic nitrogens is 2. The molecule has 21 heavy (non-hydrogen) atoms.